The van der Waals surface area contributed by atoms with Crippen LogP contribution in [0.5, 0.6) is 0 Å². The summed E-state index contributed by atoms with van der Waals surface area (Å²) in [5.41, 5.74) is 1.16. The molecular weight excluding hydrogens is 176 g/mol. The molecule has 0 spiro atoms. The molecule has 0 N–H and O–H groups in total. The molecule has 0 heterocycles. The first-order valence-electron chi connectivity index (χ1n) is 4.91. The number of carbonyl (C=O) groups excluding carboxylic acids is 1. The quantitative estimate of drug-likeness (QED) is 0.631. The van der Waals surface area contributed by atoms with Gasteiger partial charge in [-0.05, 0) is 24.3 Å². The number of allylic oxidation sites excluding steroid dienone is 2. The van der Waals surface area contributed by atoms with E-state index in [1.54, 1.807) is 13.2 Å². The Kier molecular flexibility index (Phi) is 3.14. The first kappa shape index (κ1) is 11.0. The van der Waals surface area contributed by atoms with Gasteiger partial charge in [-0.2, -0.15) is 0 Å². The van der Waals surface area contributed by atoms with Crippen molar-refractivity contribution in [2.24, 2.45) is 5.41 Å². The highest BCUT2D eigenvalue weighted by Gasteiger charge is 2.29. The zero-order valence-electron chi connectivity index (χ0n) is 9.22. The van der Waals surface area contributed by atoms with E-state index >= 15 is 0 Å². The number of ether oxygens (including phenoxy) is 1. The second-order valence-corrected chi connectivity index (χ2v) is 4.83. The normalized spacial score (nSPS) is 23.6. The summed E-state index contributed by atoms with van der Waals surface area (Å²) in [6, 6.07) is 0. The van der Waals surface area contributed by atoms with Crippen LogP contribution in [0.4, 0.5) is 0 Å². The third-order valence-electron chi connectivity index (χ3n) is 2.23. The zero-order chi connectivity index (χ0) is 10.8. The highest BCUT2D eigenvalue weighted by Crippen LogP contribution is 2.36. The Balaban J connectivity index is 2.66. The predicted octanol–water partition coefficient (Wildman–Crippen LogP) is 3.20. The first-order valence-corrected chi connectivity index (χ1v) is 4.91. The Morgan fingerprint density at radius 2 is 2.14 bits per heavy atom. The van der Waals surface area contributed by atoms with Crippen LogP contribution in [-0.2, 0) is 9.53 Å². The molecule has 14 heavy (non-hydrogen) atoms. The van der Waals surface area contributed by atoms with Crippen molar-refractivity contribution in [3.05, 3.63) is 24.2 Å². The molecule has 2 nitrogen and oxygen atoms in total. The maximum atomic E-state index is 11.4. The van der Waals surface area contributed by atoms with Crippen molar-refractivity contribution in [2.75, 3.05) is 0 Å². The number of Topliss-reactive ketones (excluding diaryl/α,β-unsaturated/α-hetero) is 1. The number of rotatable bonds is 2. The third kappa shape index (κ3) is 3.36. The minimum atomic E-state index is 0.0829. The molecule has 0 aliphatic heterocycles. The van der Waals surface area contributed by atoms with E-state index in [1.807, 2.05) is 0 Å². The highest BCUT2D eigenvalue weighted by atomic mass is 16.5. The molecule has 2 heteroatoms. The fourth-order valence-corrected chi connectivity index (χ4v) is 1.86. The molecule has 78 valence electrons. The Bertz CT molecular complexity index is 285. The summed E-state index contributed by atoms with van der Waals surface area (Å²) < 4.78 is 5.21. The highest BCUT2D eigenvalue weighted by molar-refractivity contribution is 5.82. The third-order valence-corrected chi connectivity index (χ3v) is 2.23. The monoisotopic (exact) mass is 194 g/mol. The molecule has 0 amide bonds. The van der Waals surface area contributed by atoms with Crippen LogP contribution in [0.25, 0.3) is 0 Å². The molecule has 0 atom stereocenters. The average molecular weight is 194 g/mol. The fraction of sp³-hybridized carbons (Fsp3) is 0.583. The van der Waals surface area contributed by atoms with E-state index in [0.29, 0.717) is 24.4 Å². The van der Waals surface area contributed by atoms with Crippen LogP contribution in [0.2, 0.25) is 0 Å². The first-order chi connectivity index (χ1) is 6.39. The molecule has 1 saturated carbocycles. The smallest absolute Gasteiger partial charge is 0.137 e. The van der Waals surface area contributed by atoms with E-state index in [-0.39, 0.29) is 5.41 Å². The second kappa shape index (κ2) is 3.99. The van der Waals surface area contributed by atoms with E-state index in [2.05, 4.69) is 20.4 Å². The summed E-state index contributed by atoms with van der Waals surface area (Å²) in [5.74, 6) is 0.964. The number of ketones is 1. The molecule has 0 unspecified atom stereocenters. The molecule has 0 saturated heterocycles. The molecular formula is C12H18O2. The van der Waals surface area contributed by atoms with Gasteiger partial charge in [-0.1, -0.05) is 20.4 Å². The lowest BCUT2D eigenvalue weighted by Gasteiger charge is -2.29. The lowest BCUT2D eigenvalue weighted by Crippen LogP contribution is -2.24. The number of carbonyl (C=O) groups is 1. The molecule has 0 bridgehead atoms. The maximum absolute atomic E-state index is 11.4. The van der Waals surface area contributed by atoms with Crippen molar-refractivity contribution < 1.29 is 9.53 Å². The van der Waals surface area contributed by atoms with Gasteiger partial charge in [-0.25, -0.2) is 0 Å². The van der Waals surface area contributed by atoms with Gasteiger partial charge in [0.05, 0.1) is 12.0 Å². The molecule has 1 aliphatic rings. The van der Waals surface area contributed by atoms with Gasteiger partial charge in [0.2, 0.25) is 0 Å². The summed E-state index contributed by atoms with van der Waals surface area (Å²) in [5, 5.41) is 0. The summed E-state index contributed by atoms with van der Waals surface area (Å²) in [6.45, 7) is 9.66. The molecule has 0 aromatic heterocycles. The van der Waals surface area contributed by atoms with Crippen LogP contribution in [0, 0.1) is 5.41 Å². The maximum Gasteiger partial charge on any atom is 0.137 e. The number of hydrogen-bond donors (Lipinski definition) is 0. The van der Waals surface area contributed by atoms with Gasteiger partial charge in [0.1, 0.15) is 5.78 Å². The van der Waals surface area contributed by atoms with Crippen LogP contribution in [0.1, 0.15) is 40.0 Å². The standard InChI is InChI=1S/C12H18O2/c1-9(2)14-8-10-5-11(13)7-12(3,4)6-10/h8H,1,5-7H2,2-4H3/b10-8+. The summed E-state index contributed by atoms with van der Waals surface area (Å²) in [6.07, 6.45) is 3.83. The van der Waals surface area contributed by atoms with Gasteiger partial charge in [-0.3, -0.25) is 4.79 Å². The molecule has 0 aromatic carbocycles. The lowest BCUT2D eigenvalue weighted by molar-refractivity contribution is -0.121. The Hall–Kier alpha value is -1.05. The molecule has 1 rings (SSSR count). The Morgan fingerprint density at radius 1 is 1.50 bits per heavy atom. The molecule has 1 aliphatic carbocycles. The van der Waals surface area contributed by atoms with Gasteiger partial charge >= 0.3 is 0 Å². The van der Waals surface area contributed by atoms with Crippen LogP contribution in [-0.4, -0.2) is 5.78 Å². The van der Waals surface area contributed by atoms with Crippen LogP contribution >= 0.6 is 0 Å². The fourth-order valence-electron chi connectivity index (χ4n) is 1.86. The molecule has 0 radical (unpaired) electrons. The molecule has 1 fully saturated rings. The average Bonchev–Trinajstić information content (AvgIpc) is 1.96. The largest absolute Gasteiger partial charge is 0.470 e. The summed E-state index contributed by atoms with van der Waals surface area (Å²) in [4.78, 5) is 11.4. The second-order valence-electron chi connectivity index (χ2n) is 4.83. The molecule has 0 aromatic rings. The topological polar surface area (TPSA) is 26.3 Å². The van der Waals surface area contributed by atoms with Gasteiger partial charge in [0.15, 0.2) is 0 Å². The lowest BCUT2D eigenvalue weighted by atomic mass is 9.75. The van der Waals surface area contributed by atoms with Gasteiger partial charge < -0.3 is 4.74 Å². The van der Waals surface area contributed by atoms with E-state index in [4.69, 9.17) is 4.74 Å². The van der Waals surface area contributed by atoms with Gasteiger partial charge in [0.25, 0.3) is 0 Å². The van der Waals surface area contributed by atoms with Crippen molar-refractivity contribution >= 4 is 5.78 Å². The van der Waals surface area contributed by atoms with Crippen LogP contribution in [0.3, 0.4) is 0 Å². The van der Waals surface area contributed by atoms with Crippen molar-refractivity contribution in [2.45, 2.75) is 40.0 Å². The van der Waals surface area contributed by atoms with Crippen molar-refractivity contribution in [1.82, 2.24) is 0 Å². The zero-order valence-corrected chi connectivity index (χ0v) is 9.22. The van der Waals surface area contributed by atoms with Crippen LogP contribution in [0.15, 0.2) is 24.2 Å². The summed E-state index contributed by atoms with van der Waals surface area (Å²) in [7, 11) is 0. The van der Waals surface area contributed by atoms with Crippen LogP contribution < -0.4 is 0 Å². The number of hydrogen-bond acceptors (Lipinski definition) is 2. The van der Waals surface area contributed by atoms with Gasteiger partial charge in [0, 0.05) is 12.8 Å². The SMILES string of the molecule is C=C(C)O/C=C1\CC(=O)CC(C)(C)C1. The minimum Gasteiger partial charge on any atom is -0.470 e. The van der Waals surface area contributed by atoms with E-state index in [0.717, 1.165) is 12.0 Å². The van der Waals surface area contributed by atoms with Crippen molar-refractivity contribution in [3.63, 3.8) is 0 Å². The van der Waals surface area contributed by atoms with Crippen molar-refractivity contribution in [3.8, 4) is 0 Å². The van der Waals surface area contributed by atoms with Crippen molar-refractivity contribution in [1.29, 1.82) is 0 Å². The minimum absolute atomic E-state index is 0.0829. The predicted molar refractivity (Wildman–Crippen MR) is 56.6 cm³/mol. The van der Waals surface area contributed by atoms with E-state index < -0.39 is 0 Å². The Morgan fingerprint density at radius 3 is 2.64 bits per heavy atom. The van der Waals surface area contributed by atoms with E-state index in [9.17, 15) is 4.79 Å². The Labute approximate surface area is 85.6 Å². The van der Waals surface area contributed by atoms with E-state index in [1.165, 1.54) is 0 Å². The summed E-state index contributed by atoms with van der Waals surface area (Å²) >= 11 is 0. The van der Waals surface area contributed by atoms with Gasteiger partial charge in [-0.15, -0.1) is 0 Å².